The molecule has 0 bridgehead atoms. The molecule has 0 saturated heterocycles. The molecule has 0 aliphatic heterocycles. The van der Waals surface area contributed by atoms with Gasteiger partial charge in [-0.1, -0.05) is 35.5 Å². The van der Waals surface area contributed by atoms with Gasteiger partial charge < -0.3 is 14.5 Å². The zero-order valence-electron chi connectivity index (χ0n) is 16.8. The van der Waals surface area contributed by atoms with E-state index in [1.165, 1.54) is 0 Å². The van der Waals surface area contributed by atoms with Crippen LogP contribution in [-0.4, -0.2) is 41.6 Å². The monoisotopic (exact) mass is 392 g/mol. The van der Waals surface area contributed by atoms with Gasteiger partial charge in [0.15, 0.2) is 18.1 Å². The number of fused-ring (bicyclic) bond motifs is 3. The van der Waals surface area contributed by atoms with Gasteiger partial charge in [0, 0.05) is 18.8 Å². The molecule has 0 aliphatic rings. The van der Waals surface area contributed by atoms with E-state index in [-0.39, 0.29) is 13.2 Å². The lowest BCUT2D eigenvalue weighted by molar-refractivity contribution is 0.125. The molecule has 0 radical (unpaired) electrons. The topological polar surface area (TPSA) is 89.8 Å². The van der Waals surface area contributed by atoms with Gasteiger partial charge in [0.2, 0.25) is 0 Å². The Balaban J connectivity index is 1.62. The predicted octanol–water partition coefficient (Wildman–Crippen LogP) is 3.02. The highest BCUT2D eigenvalue weighted by Crippen LogP contribution is 2.27. The van der Waals surface area contributed by atoms with Crippen molar-refractivity contribution in [2.24, 2.45) is 5.16 Å². The maximum Gasteiger partial charge on any atom is 0.192 e. The molecule has 0 aliphatic carbocycles. The lowest BCUT2D eigenvalue weighted by Gasteiger charge is -2.05. The van der Waals surface area contributed by atoms with Crippen LogP contribution in [0.5, 0.6) is 0 Å². The molecule has 4 aromatic rings. The Morgan fingerprint density at radius 3 is 2.72 bits per heavy atom. The SMILES string of the molecule is CC(=NOCc1nc2c3c(C)c(C)n(CCCO)c3ncn2n1)c1ccccc1. The van der Waals surface area contributed by atoms with Gasteiger partial charge in [0.05, 0.1) is 11.1 Å². The molecule has 3 heterocycles. The summed E-state index contributed by atoms with van der Waals surface area (Å²) in [5.74, 6) is 0.545. The van der Waals surface area contributed by atoms with E-state index in [0.717, 1.165) is 39.2 Å². The number of oxime groups is 1. The van der Waals surface area contributed by atoms with Crippen LogP contribution in [0.1, 0.15) is 36.0 Å². The van der Waals surface area contributed by atoms with E-state index < -0.39 is 0 Å². The predicted molar refractivity (Wildman–Crippen MR) is 111 cm³/mol. The van der Waals surface area contributed by atoms with Crippen LogP contribution in [0.15, 0.2) is 41.8 Å². The van der Waals surface area contributed by atoms with E-state index in [0.29, 0.717) is 18.8 Å². The molecule has 4 rings (SSSR count). The minimum Gasteiger partial charge on any atom is -0.396 e. The van der Waals surface area contributed by atoms with Crippen molar-refractivity contribution in [1.29, 1.82) is 0 Å². The van der Waals surface area contributed by atoms with Crippen molar-refractivity contribution in [2.75, 3.05) is 6.61 Å². The van der Waals surface area contributed by atoms with E-state index in [1.54, 1.807) is 10.8 Å². The minimum absolute atomic E-state index is 0.149. The number of aliphatic hydroxyl groups is 1. The van der Waals surface area contributed by atoms with Crippen molar-refractivity contribution < 1.29 is 9.94 Å². The summed E-state index contributed by atoms with van der Waals surface area (Å²) < 4.78 is 3.80. The average Bonchev–Trinajstić information content (AvgIpc) is 3.26. The summed E-state index contributed by atoms with van der Waals surface area (Å²) in [7, 11) is 0. The number of aliphatic hydroxyl groups excluding tert-OH is 1. The van der Waals surface area contributed by atoms with Gasteiger partial charge in [0.1, 0.15) is 12.0 Å². The highest BCUT2D eigenvalue weighted by Gasteiger charge is 2.17. The molecular weight excluding hydrogens is 368 g/mol. The first-order valence-corrected chi connectivity index (χ1v) is 9.62. The Labute approximate surface area is 168 Å². The van der Waals surface area contributed by atoms with Crippen LogP contribution in [-0.2, 0) is 18.0 Å². The van der Waals surface area contributed by atoms with Gasteiger partial charge in [-0.25, -0.2) is 14.5 Å². The minimum atomic E-state index is 0.149. The molecule has 3 aromatic heterocycles. The number of hydrogen-bond donors (Lipinski definition) is 1. The fourth-order valence-corrected chi connectivity index (χ4v) is 3.46. The number of nitrogens with zero attached hydrogens (tertiary/aromatic N) is 6. The van der Waals surface area contributed by atoms with E-state index >= 15 is 0 Å². The Hall–Kier alpha value is -3.26. The first-order valence-electron chi connectivity index (χ1n) is 9.62. The third kappa shape index (κ3) is 3.58. The summed E-state index contributed by atoms with van der Waals surface area (Å²) >= 11 is 0. The lowest BCUT2D eigenvalue weighted by Crippen LogP contribution is -2.03. The van der Waals surface area contributed by atoms with Crippen LogP contribution in [0.2, 0.25) is 0 Å². The van der Waals surface area contributed by atoms with Crippen molar-refractivity contribution in [1.82, 2.24) is 24.1 Å². The van der Waals surface area contributed by atoms with Gasteiger partial charge >= 0.3 is 0 Å². The molecule has 8 heteroatoms. The van der Waals surface area contributed by atoms with E-state index in [9.17, 15) is 5.11 Å². The fourth-order valence-electron chi connectivity index (χ4n) is 3.46. The molecule has 8 nitrogen and oxygen atoms in total. The maximum atomic E-state index is 9.18. The molecule has 1 aromatic carbocycles. The van der Waals surface area contributed by atoms with Crippen molar-refractivity contribution in [2.45, 2.75) is 40.3 Å². The van der Waals surface area contributed by atoms with Gasteiger partial charge in [-0.2, -0.15) is 0 Å². The standard InChI is InChI=1S/C21H24N6O2/c1-14-16(3)26(10-7-11-28)20-19(14)21-23-18(24-27(21)13-22-20)12-29-25-15(2)17-8-5-4-6-9-17/h4-6,8-9,13,28H,7,10-12H2,1-3H3. The number of hydrogen-bond acceptors (Lipinski definition) is 6. The summed E-state index contributed by atoms with van der Waals surface area (Å²) in [4.78, 5) is 14.7. The molecule has 0 atom stereocenters. The summed E-state index contributed by atoms with van der Waals surface area (Å²) in [6.07, 6.45) is 2.35. The lowest BCUT2D eigenvalue weighted by atomic mass is 10.1. The van der Waals surface area contributed by atoms with Crippen LogP contribution >= 0.6 is 0 Å². The number of aryl methyl sites for hydroxylation is 2. The Morgan fingerprint density at radius 1 is 1.17 bits per heavy atom. The van der Waals surface area contributed by atoms with Crippen LogP contribution in [0.25, 0.3) is 16.7 Å². The molecule has 0 spiro atoms. The third-order valence-corrected chi connectivity index (χ3v) is 5.12. The largest absolute Gasteiger partial charge is 0.396 e. The Kier molecular flexibility index (Phi) is 5.26. The molecule has 150 valence electrons. The van der Waals surface area contributed by atoms with Crippen LogP contribution in [0.4, 0.5) is 0 Å². The van der Waals surface area contributed by atoms with Crippen LogP contribution in [0, 0.1) is 13.8 Å². The van der Waals surface area contributed by atoms with Gasteiger partial charge in [-0.3, -0.25) is 0 Å². The van der Waals surface area contributed by atoms with Gasteiger partial charge in [-0.15, -0.1) is 5.10 Å². The number of benzene rings is 1. The summed E-state index contributed by atoms with van der Waals surface area (Å²) in [6, 6.07) is 9.87. The average molecular weight is 392 g/mol. The first-order chi connectivity index (χ1) is 14.1. The zero-order chi connectivity index (χ0) is 20.4. The van der Waals surface area contributed by atoms with Gasteiger partial charge in [0.25, 0.3) is 0 Å². The molecule has 0 saturated carbocycles. The second-order valence-corrected chi connectivity index (χ2v) is 6.99. The Morgan fingerprint density at radius 2 is 1.97 bits per heavy atom. The summed E-state index contributed by atoms with van der Waals surface area (Å²) in [5, 5.41) is 18.8. The second kappa shape index (κ2) is 8.00. The van der Waals surface area contributed by atoms with Gasteiger partial charge in [-0.05, 0) is 38.3 Å². The first kappa shape index (κ1) is 19.1. The Bertz CT molecular complexity index is 1180. The van der Waals surface area contributed by atoms with Crippen LogP contribution in [0.3, 0.4) is 0 Å². The zero-order valence-corrected chi connectivity index (χ0v) is 16.8. The summed E-state index contributed by atoms with van der Waals surface area (Å²) in [6.45, 7) is 7.07. The molecule has 1 N–H and O–H groups in total. The number of rotatable bonds is 7. The van der Waals surface area contributed by atoms with E-state index in [1.807, 2.05) is 37.3 Å². The van der Waals surface area contributed by atoms with E-state index in [4.69, 9.17) is 4.84 Å². The fraction of sp³-hybridized carbons (Fsp3) is 0.333. The van der Waals surface area contributed by atoms with Crippen molar-refractivity contribution in [3.05, 3.63) is 59.3 Å². The summed E-state index contributed by atoms with van der Waals surface area (Å²) in [5.41, 5.74) is 5.66. The molecular formula is C21H24N6O2. The maximum absolute atomic E-state index is 9.18. The molecule has 0 unspecified atom stereocenters. The smallest absolute Gasteiger partial charge is 0.192 e. The normalized spacial score (nSPS) is 12.2. The second-order valence-electron chi connectivity index (χ2n) is 6.99. The molecule has 0 fully saturated rings. The number of aromatic nitrogens is 5. The quantitative estimate of drug-likeness (QED) is 0.386. The molecule has 29 heavy (non-hydrogen) atoms. The van der Waals surface area contributed by atoms with Crippen molar-refractivity contribution in [3.63, 3.8) is 0 Å². The van der Waals surface area contributed by atoms with Crippen molar-refractivity contribution >= 4 is 22.4 Å². The molecule has 0 amide bonds. The third-order valence-electron chi connectivity index (χ3n) is 5.12. The highest BCUT2D eigenvalue weighted by atomic mass is 16.6. The van der Waals surface area contributed by atoms with Crippen LogP contribution < -0.4 is 0 Å². The van der Waals surface area contributed by atoms with E-state index in [2.05, 4.69) is 38.6 Å². The highest BCUT2D eigenvalue weighted by molar-refractivity contribution is 5.98. The van der Waals surface area contributed by atoms with Crippen molar-refractivity contribution in [3.8, 4) is 0 Å².